The number of hydrogen-bond donors (Lipinski definition) is 1. The van der Waals surface area contributed by atoms with E-state index >= 15 is 0 Å². The van der Waals surface area contributed by atoms with Gasteiger partial charge in [-0.05, 0) is 30.5 Å². The van der Waals surface area contributed by atoms with Crippen molar-refractivity contribution in [2.45, 2.75) is 19.3 Å². The van der Waals surface area contributed by atoms with Crippen molar-refractivity contribution in [3.8, 4) is 0 Å². The van der Waals surface area contributed by atoms with Crippen molar-refractivity contribution >= 4 is 21.8 Å². The number of amides is 1. The molecule has 2 nitrogen and oxygen atoms in total. The number of benzene rings is 1. The number of nitrogens with one attached hydrogen (secondary N) is 1. The largest absolute Gasteiger partial charge is 0.356 e. The van der Waals surface area contributed by atoms with E-state index in [1.54, 1.807) is 6.08 Å². The molecular formula is C13H16BrNO. The summed E-state index contributed by atoms with van der Waals surface area (Å²) in [6.07, 6.45) is 3.93. The molecule has 0 atom stereocenters. The van der Waals surface area contributed by atoms with Gasteiger partial charge < -0.3 is 5.32 Å². The molecule has 0 saturated heterocycles. The molecule has 0 spiro atoms. The highest BCUT2D eigenvalue weighted by molar-refractivity contribution is 9.10. The average molecular weight is 282 g/mol. The van der Waals surface area contributed by atoms with Crippen molar-refractivity contribution in [1.29, 1.82) is 0 Å². The van der Waals surface area contributed by atoms with Crippen LogP contribution in [0.25, 0.3) is 0 Å². The minimum atomic E-state index is 0.0989. The lowest BCUT2D eigenvalue weighted by Gasteiger charge is -2.04. The number of carbonyl (C=O) groups is 1. The SMILES string of the molecule is C=CCCNC(=O)CCc1cccc(Br)c1. The highest BCUT2D eigenvalue weighted by Crippen LogP contribution is 2.12. The van der Waals surface area contributed by atoms with Crippen LogP contribution in [-0.2, 0) is 11.2 Å². The molecule has 0 unspecified atom stereocenters. The van der Waals surface area contributed by atoms with E-state index in [0.717, 1.165) is 17.3 Å². The Morgan fingerprint density at radius 3 is 3.00 bits per heavy atom. The van der Waals surface area contributed by atoms with Crippen LogP contribution in [0.2, 0.25) is 0 Å². The highest BCUT2D eigenvalue weighted by atomic mass is 79.9. The van der Waals surface area contributed by atoms with Gasteiger partial charge in [-0.25, -0.2) is 0 Å². The van der Waals surface area contributed by atoms with Crippen LogP contribution in [-0.4, -0.2) is 12.5 Å². The normalized spacial score (nSPS) is 9.81. The summed E-state index contributed by atoms with van der Waals surface area (Å²) >= 11 is 3.41. The Labute approximate surface area is 105 Å². The Balaban J connectivity index is 2.28. The van der Waals surface area contributed by atoms with Gasteiger partial charge in [-0.1, -0.05) is 34.1 Å². The third kappa shape index (κ3) is 5.12. The summed E-state index contributed by atoms with van der Waals surface area (Å²) in [6.45, 7) is 4.29. The van der Waals surface area contributed by atoms with Crippen LogP contribution in [0.15, 0.2) is 41.4 Å². The van der Waals surface area contributed by atoms with Crippen molar-refractivity contribution in [3.63, 3.8) is 0 Å². The number of halogens is 1. The Hall–Kier alpha value is -1.09. The molecule has 3 heteroatoms. The van der Waals surface area contributed by atoms with E-state index in [-0.39, 0.29) is 5.91 Å². The molecule has 0 aliphatic carbocycles. The molecule has 1 rings (SSSR count). The Bertz CT molecular complexity index is 363. The fourth-order valence-electron chi connectivity index (χ4n) is 1.35. The molecule has 16 heavy (non-hydrogen) atoms. The van der Waals surface area contributed by atoms with Gasteiger partial charge >= 0.3 is 0 Å². The van der Waals surface area contributed by atoms with Gasteiger partial charge in [-0.3, -0.25) is 4.79 Å². The van der Waals surface area contributed by atoms with Gasteiger partial charge in [0.2, 0.25) is 5.91 Å². The van der Waals surface area contributed by atoms with Gasteiger partial charge in [0.15, 0.2) is 0 Å². The molecule has 0 heterocycles. The van der Waals surface area contributed by atoms with Crippen LogP contribution >= 0.6 is 15.9 Å². The summed E-state index contributed by atoms with van der Waals surface area (Å²) in [5.41, 5.74) is 1.17. The number of hydrogen-bond acceptors (Lipinski definition) is 1. The Morgan fingerprint density at radius 2 is 2.31 bits per heavy atom. The first-order valence-electron chi connectivity index (χ1n) is 5.34. The maximum absolute atomic E-state index is 11.4. The maximum Gasteiger partial charge on any atom is 0.220 e. The molecule has 0 aromatic heterocycles. The lowest BCUT2D eigenvalue weighted by Crippen LogP contribution is -2.24. The molecule has 1 aromatic carbocycles. The molecule has 1 N–H and O–H groups in total. The zero-order chi connectivity index (χ0) is 11.8. The summed E-state index contributed by atoms with van der Waals surface area (Å²) in [4.78, 5) is 11.4. The first-order valence-corrected chi connectivity index (χ1v) is 6.13. The second kappa shape index (κ2) is 7.23. The van der Waals surface area contributed by atoms with E-state index in [0.29, 0.717) is 13.0 Å². The fraction of sp³-hybridized carbons (Fsp3) is 0.308. The minimum Gasteiger partial charge on any atom is -0.356 e. The molecule has 0 bridgehead atoms. The Kier molecular flexibility index (Phi) is 5.86. The van der Waals surface area contributed by atoms with Crippen molar-refractivity contribution in [3.05, 3.63) is 47.0 Å². The van der Waals surface area contributed by atoms with E-state index in [1.165, 1.54) is 5.56 Å². The van der Waals surface area contributed by atoms with Gasteiger partial charge in [0, 0.05) is 17.4 Å². The molecular weight excluding hydrogens is 266 g/mol. The summed E-state index contributed by atoms with van der Waals surface area (Å²) in [6, 6.07) is 8.03. The van der Waals surface area contributed by atoms with E-state index in [4.69, 9.17) is 0 Å². The summed E-state index contributed by atoms with van der Waals surface area (Å²) in [5, 5.41) is 2.85. The van der Waals surface area contributed by atoms with Crippen molar-refractivity contribution in [1.82, 2.24) is 5.32 Å². The third-order valence-corrected chi connectivity index (χ3v) is 2.69. The van der Waals surface area contributed by atoms with Crippen molar-refractivity contribution in [2.24, 2.45) is 0 Å². The molecule has 86 valence electrons. The second-order valence-corrected chi connectivity index (χ2v) is 4.47. The van der Waals surface area contributed by atoms with Crippen LogP contribution in [0.3, 0.4) is 0 Å². The maximum atomic E-state index is 11.4. The third-order valence-electron chi connectivity index (χ3n) is 2.20. The second-order valence-electron chi connectivity index (χ2n) is 3.56. The zero-order valence-corrected chi connectivity index (χ0v) is 10.8. The van der Waals surface area contributed by atoms with Crippen LogP contribution in [0.4, 0.5) is 0 Å². The zero-order valence-electron chi connectivity index (χ0n) is 9.21. The minimum absolute atomic E-state index is 0.0989. The van der Waals surface area contributed by atoms with Crippen LogP contribution < -0.4 is 5.32 Å². The van der Waals surface area contributed by atoms with Crippen LogP contribution in [0, 0.1) is 0 Å². The average Bonchev–Trinajstić information content (AvgIpc) is 2.27. The quantitative estimate of drug-likeness (QED) is 0.630. The van der Waals surface area contributed by atoms with Gasteiger partial charge in [0.25, 0.3) is 0 Å². The topological polar surface area (TPSA) is 29.1 Å². The van der Waals surface area contributed by atoms with Crippen molar-refractivity contribution in [2.75, 3.05) is 6.54 Å². The molecule has 1 amide bonds. The monoisotopic (exact) mass is 281 g/mol. The molecule has 0 saturated carbocycles. The van der Waals surface area contributed by atoms with E-state index in [9.17, 15) is 4.79 Å². The summed E-state index contributed by atoms with van der Waals surface area (Å²) in [7, 11) is 0. The van der Waals surface area contributed by atoms with E-state index < -0.39 is 0 Å². The summed E-state index contributed by atoms with van der Waals surface area (Å²) < 4.78 is 1.05. The Morgan fingerprint density at radius 1 is 1.50 bits per heavy atom. The predicted molar refractivity (Wildman–Crippen MR) is 70.3 cm³/mol. The lowest BCUT2D eigenvalue weighted by molar-refractivity contribution is -0.121. The number of rotatable bonds is 6. The summed E-state index contributed by atoms with van der Waals surface area (Å²) in [5.74, 6) is 0.0989. The molecule has 1 aromatic rings. The number of carbonyl (C=O) groups excluding carboxylic acids is 1. The first-order chi connectivity index (χ1) is 7.72. The van der Waals surface area contributed by atoms with Gasteiger partial charge in [0.05, 0.1) is 0 Å². The highest BCUT2D eigenvalue weighted by Gasteiger charge is 2.01. The van der Waals surface area contributed by atoms with Crippen molar-refractivity contribution < 1.29 is 4.79 Å². The van der Waals surface area contributed by atoms with E-state index in [2.05, 4.69) is 27.8 Å². The van der Waals surface area contributed by atoms with Crippen LogP contribution in [0.5, 0.6) is 0 Å². The fourth-order valence-corrected chi connectivity index (χ4v) is 1.80. The van der Waals surface area contributed by atoms with Gasteiger partial charge in [-0.15, -0.1) is 6.58 Å². The van der Waals surface area contributed by atoms with Gasteiger partial charge in [0.1, 0.15) is 0 Å². The smallest absolute Gasteiger partial charge is 0.220 e. The molecule has 0 radical (unpaired) electrons. The lowest BCUT2D eigenvalue weighted by atomic mass is 10.1. The molecule has 0 fully saturated rings. The van der Waals surface area contributed by atoms with Crippen LogP contribution in [0.1, 0.15) is 18.4 Å². The predicted octanol–water partition coefficient (Wildman–Crippen LogP) is 3.07. The molecule has 0 aliphatic rings. The number of aryl methyl sites for hydroxylation is 1. The molecule has 0 aliphatic heterocycles. The standard InChI is InChI=1S/C13H16BrNO/c1-2-3-9-15-13(16)8-7-11-5-4-6-12(14)10-11/h2,4-6,10H,1,3,7-9H2,(H,15,16). The van der Waals surface area contributed by atoms with E-state index in [1.807, 2.05) is 24.3 Å². The first kappa shape index (κ1) is 13.0. The van der Waals surface area contributed by atoms with Gasteiger partial charge in [-0.2, -0.15) is 0 Å².